The van der Waals surface area contributed by atoms with E-state index < -0.39 is 0 Å². The molecule has 80 valence electrons. The van der Waals surface area contributed by atoms with E-state index in [2.05, 4.69) is 11.9 Å². The smallest absolute Gasteiger partial charge is 0.236 e. The molecule has 1 amide bonds. The van der Waals surface area contributed by atoms with Gasteiger partial charge in [0.15, 0.2) is 0 Å². The summed E-state index contributed by atoms with van der Waals surface area (Å²) in [5, 5.41) is 0. The van der Waals surface area contributed by atoms with Gasteiger partial charge in [-0.25, -0.2) is 0 Å². The van der Waals surface area contributed by atoms with Crippen molar-refractivity contribution in [2.75, 3.05) is 53.4 Å². The second-order valence-electron chi connectivity index (χ2n) is 3.88. The van der Waals surface area contributed by atoms with Crippen LogP contribution < -0.4 is 0 Å². The van der Waals surface area contributed by atoms with E-state index in [0.717, 1.165) is 26.2 Å². The molecular weight excluding hydrogens is 178 g/mol. The molecule has 2 radical (unpaired) electrons. The minimum Gasteiger partial charge on any atom is -0.339 e. The van der Waals surface area contributed by atoms with Crippen molar-refractivity contribution in [3.05, 3.63) is 6.92 Å². The summed E-state index contributed by atoms with van der Waals surface area (Å²) in [6.45, 7) is 9.90. The van der Waals surface area contributed by atoms with Crippen LogP contribution in [-0.4, -0.2) is 74.0 Å². The van der Waals surface area contributed by atoms with Gasteiger partial charge in [-0.3, -0.25) is 9.69 Å². The van der Waals surface area contributed by atoms with Gasteiger partial charge in [0.05, 0.1) is 6.54 Å². The molecule has 0 N–H and O–H groups in total. The normalized spacial score (nSPS) is 19.0. The summed E-state index contributed by atoms with van der Waals surface area (Å²) in [5.41, 5.74) is 0. The zero-order valence-electron chi connectivity index (χ0n) is 9.07. The van der Waals surface area contributed by atoms with Gasteiger partial charge in [0.1, 0.15) is 0 Å². The summed E-state index contributed by atoms with van der Waals surface area (Å²) >= 11 is 0. The predicted octanol–water partition coefficient (Wildman–Crippen LogP) is -0.597. The number of hydrogen-bond donors (Lipinski definition) is 0. The van der Waals surface area contributed by atoms with Crippen molar-refractivity contribution in [1.29, 1.82) is 0 Å². The van der Waals surface area contributed by atoms with E-state index in [9.17, 15) is 4.79 Å². The largest absolute Gasteiger partial charge is 0.339 e. The molecule has 0 atom stereocenters. The average molecular weight is 197 g/mol. The van der Waals surface area contributed by atoms with Crippen LogP contribution in [0, 0.1) is 6.92 Å². The zero-order chi connectivity index (χ0) is 10.6. The molecule has 1 saturated heterocycles. The van der Waals surface area contributed by atoms with Gasteiger partial charge in [-0.05, 0) is 21.0 Å². The quantitative estimate of drug-likeness (QED) is 0.605. The van der Waals surface area contributed by atoms with Gasteiger partial charge < -0.3 is 9.80 Å². The Kier molecular flexibility index (Phi) is 4.35. The van der Waals surface area contributed by atoms with Gasteiger partial charge in [-0.2, -0.15) is 0 Å². The predicted molar refractivity (Wildman–Crippen MR) is 55.9 cm³/mol. The first-order valence-corrected chi connectivity index (χ1v) is 4.98. The maximum absolute atomic E-state index is 11.7. The standard InChI is InChI=1S/C10H19N3O/c1-4-11(2)9-10(14)13-7-5-12(3)6-8-13/h1H,4-9H2,2-3H3. The lowest BCUT2D eigenvalue weighted by atomic mass is 10.3. The SMILES string of the molecule is [CH]CN(C)CC(=O)N1CCN(C)CC1. The highest BCUT2D eigenvalue weighted by molar-refractivity contribution is 5.78. The van der Waals surface area contributed by atoms with Gasteiger partial charge in [0.2, 0.25) is 5.91 Å². The van der Waals surface area contributed by atoms with E-state index in [-0.39, 0.29) is 5.91 Å². The van der Waals surface area contributed by atoms with Crippen molar-refractivity contribution in [3.63, 3.8) is 0 Å². The highest BCUT2D eigenvalue weighted by Gasteiger charge is 2.19. The first-order chi connectivity index (χ1) is 6.63. The van der Waals surface area contributed by atoms with Crippen LogP contribution >= 0.6 is 0 Å². The maximum Gasteiger partial charge on any atom is 0.236 e. The average Bonchev–Trinajstić information content (AvgIpc) is 2.18. The summed E-state index contributed by atoms with van der Waals surface area (Å²) in [5.74, 6) is 0.186. The minimum atomic E-state index is 0.186. The Morgan fingerprint density at radius 3 is 2.43 bits per heavy atom. The van der Waals surface area contributed by atoms with Crippen molar-refractivity contribution in [2.24, 2.45) is 0 Å². The number of nitrogens with zero attached hydrogens (tertiary/aromatic N) is 3. The molecule has 0 spiro atoms. The molecule has 1 rings (SSSR count). The lowest BCUT2D eigenvalue weighted by Gasteiger charge is -2.33. The number of rotatable bonds is 3. The Morgan fingerprint density at radius 1 is 1.36 bits per heavy atom. The first kappa shape index (κ1) is 11.5. The monoisotopic (exact) mass is 197 g/mol. The first-order valence-electron chi connectivity index (χ1n) is 4.98. The van der Waals surface area contributed by atoms with E-state index in [0.29, 0.717) is 13.1 Å². The van der Waals surface area contributed by atoms with E-state index in [1.54, 1.807) is 0 Å². The second-order valence-corrected chi connectivity index (χ2v) is 3.88. The van der Waals surface area contributed by atoms with Crippen molar-refractivity contribution >= 4 is 5.91 Å². The number of hydrogen-bond acceptors (Lipinski definition) is 3. The van der Waals surface area contributed by atoms with Crippen LogP contribution in [0.2, 0.25) is 0 Å². The Morgan fingerprint density at radius 2 is 1.93 bits per heavy atom. The molecule has 0 unspecified atom stereocenters. The Labute approximate surface area is 86.5 Å². The Bertz CT molecular complexity index is 188. The molecule has 0 aliphatic carbocycles. The van der Waals surface area contributed by atoms with Crippen LogP contribution in [0.25, 0.3) is 0 Å². The van der Waals surface area contributed by atoms with E-state index >= 15 is 0 Å². The third-order valence-electron chi connectivity index (χ3n) is 2.57. The molecule has 4 heteroatoms. The molecule has 0 aromatic rings. The van der Waals surface area contributed by atoms with Crippen LogP contribution in [0.5, 0.6) is 0 Å². The Hall–Kier alpha value is -0.610. The van der Waals surface area contributed by atoms with Crippen molar-refractivity contribution < 1.29 is 4.79 Å². The van der Waals surface area contributed by atoms with E-state index in [1.165, 1.54) is 0 Å². The fourth-order valence-corrected chi connectivity index (χ4v) is 1.45. The van der Waals surface area contributed by atoms with Crippen LogP contribution in [-0.2, 0) is 4.79 Å². The number of carbonyl (C=O) groups excluding carboxylic acids is 1. The van der Waals surface area contributed by atoms with Crippen LogP contribution in [0.15, 0.2) is 0 Å². The van der Waals surface area contributed by atoms with Gasteiger partial charge in [0, 0.05) is 32.7 Å². The van der Waals surface area contributed by atoms with Gasteiger partial charge in [0.25, 0.3) is 0 Å². The maximum atomic E-state index is 11.7. The zero-order valence-corrected chi connectivity index (χ0v) is 9.07. The van der Waals surface area contributed by atoms with E-state index in [1.807, 2.05) is 16.8 Å². The second kappa shape index (κ2) is 5.32. The molecule has 0 bridgehead atoms. The van der Waals surface area contributed by atoms with E-state index in [4.69, 9.17) is 6.92 Å². The fourth-order valence-electron chi connectivity index (χ4n) is 1.45. The highest BCUT2D eigenvalue weighted by atomic mass is 16.2. The summed E-state index contributed by atoms with van der Waals surface area (Å²) in [6.07, 6.45) is 0. The van der Waals surface area contributed by atoms with Crippen LogP contribution in [0.4, 0.5) is 0 Å². The molecule has 1 heterocycles. The van der Waals surface area contributed by atoms with Crippen LogP contribution in [0.1, 0.15) is 0 Å². The highest BCUT2D eigenvalue weighted by Crippen LogP contribution is 2.00. The summed E-state index contributed by atoms with van der Waals surface area (Å²) in [4.78, 5) is 17.6. The third-order valence-corrected chi connectivity index (χ3v) is 2.57. The summed E-state index contributed by atoms with van der Waals surface area (Å²) in [6, 6.07) is 0. The molecule has 1 aliphatic rings. The third kappa shape index (κ3) is 3.27. The van der Waals surface area contributed by atoms with Crippen molar-refractivity contribution in [2.45, 2.75) is 0 Å². The number of carbonyl (C=O) groups is 1. The lowest BCUT2D eigenvalue weighted by molar-refractivity contribution is -0.133. The van der Waals surface area contributed by atoms with Gasteiger partial charge in [-0.15, -0.1) is 0 Å². The van der Waals surface area contributed by atoms with Crippen LogP contribution in [0.3, 0.4) is 0 Å². The van der Waals surface area contributed by atoms with Crippen molar-refractivity contribution in [1.82, 2.24) is 14.7 Å². The Balaban J connectivity index is 2.30. The summed E-state index contributed by atoms with van der Waals surface area (Å²) < 4.78 is 0. The molecule has 0 aromatic heterocycles. The molecule has 14 heavy (non-hydrogen) atoms. The molecule has 0 aromatic carbocycles. The van der Waals surface area contributed by atoms with Gasteiger partial charge >= 0.3 is 0 Å². The molecule has 4 nitrogen and oxygen atoms in total. The number of amides is 1. The number of likely N-dealkylation sites (N-methyl/N-ethyl adjacent to an activating group) is 2. The number of piperazine rings is 1. The fraction of sp³-hybridized carbons (Fsp3) is 0.800. The molecular formula is C10H19N3O. The molecule has 0 saturated carbocycles. The molecule has 1 aliphatic heterocycles. The van der Waals surface area contributed by atoms with Crippen molar-refractivity contribution in [3.8, 4) is 0 Å². The topological polar surface area (TPSA) is 26.8 Å². The van der Waals surface area contributed by atoms with Gasteiger partial charge in [-0.1, -0.05) is 0 Å². The molecule has 1 fully saturated rings. The summed E-state index contributed by atoms with van der Waals surface area (Å²) in [7, 11) is 3.93. The lowest BCUT2D eigenvalue weighted by Crippen LogP contribution is -2.49. The minimum absolute atomic E-state index is 0.186.